The van der Waals surface area contributed by atoms with Gasteiger partial charge >= 0.3 is 5.97 Å². The quantitative estimate of drug-likeness (QED) is 0.885. The van der Waals surface area contributed by atoms with Crippen molar-refractivity contribution in [2.45, 2.75) is 12.5 Å². The van der Waals surface area contributed by atoms with E-state index in [4.69, 9.17) is 4.74 Å². The van der Waals surface area contributed by atoms with Crippen molar-refractivity contribution in [3.05, 3.63) is 35.2 Å². The molecule has 6 heteroatoms. The highest BCUT2D eigenvalue weighted by atomic mass is 32.1. The second-order valence-electron chi connectivity index (χ2n) is 4.67. The molecular weight excluding hydrogens is 278 g/mol. The summed E-state index contributed by atoms with van der Waals surface area (Å²) in [6, 6.07) is 7.50. The molecule has 2 N–H and O–H groups in total. The van der Waals surface area contributed by atoms with Gasteiger partial charge in [-0.3, -0.25) is 4.79 Å². The van der Waals surface area contributed by atoms with Crippen LogP contribution in [0, 0.1) is 0 Å². The first-order valence-electron chi connectivity index (χ1n) is 5.99. The number of methoxy groups -OCH3 is 1. The molecule has 0 fully saturated rings. The van der Waals surface area contributed by atoms with Crippen molar-refractivity contribution in [1.29, 1.82) is 0 Å². The van der Waals surface area contributed by atoms with Crippen molar-refractivity contribution in [3.8, 4) is 0 Å². The fourth-order valence-corrected chi connectivity index (χ4v) is 2.85. The molecule has 0 bridgehead atoms. The largest absolute Gasteiger partial charge is 0.479 e. The van der Waals surface area contributed by atoms with Crippen molar-refractivity contribution in [1.82, 2.24) is 5.32 Å². The Morgan fingerprint density at radius 3 is 2.75 bits per heavy atom. The molecule has 0 radical (unpaired) electrons. The maximum atomic E-state index is 12.3. The average Bonchev–Trinajstić information content (AvgIpc) is 2.82. The van der Waals surface area contributed by atoms with Gasteiger partial charge in [0.25, 0.3) is 5.91 Å². The van der Waals surface area contributed by atoms with E-state index in [-0.39, 0.29) is 6.61 Å². The van der Waals surface area contributed by atoms with Gasteiger partial charge in [0.1, 0.15) is 0 Å². The Morgan fingerprint density at radius 1 is 1.40 bits per heavy atom. The minimum Gasteiger partial charge on any atom is -0.479 e. The van der Waals surface area contributed by atoms with Crippen LogP contribution >= 0.6 is 11.3 Å². The standard InChI is InChI=1S/C14H15NO4S/c1-14(8-19-2,13(17)18)15-12(16)10-7-20-11-6-4-3-5-9(10)11/h3-7H,8H2,1-2H3,(H,15,16)(H,17,18). The van der Waals surface area contributed by atoms with Crippen LogP contribution in [0.25, 0.3) is 10.1 Å². The van der Waals surface area contributed by atoms with Crippen molar-refractivity contribution >= 4 is 33.3 Å². The van der Waals surface area contributed by atoms with E-state index >= 15 is 0 Å². The number of aliphatic carboxylic acids is 1. The number of amides is 1. The Morgan fingerprint density at radius 2 is 2.10 bits per heavy atom. The molecule has 1 amide bonds. The molecule has 0 saturated carbocycles. The van der Waals surface area contributed by atoms with Gasteiger partial charge in [-0.1, -0.05) is 18.2 Å². The topological polar surface area (TPSA) is 75.6 Å². The van der Waals surface area contributed by atoms with Gasteiger partial charge in [0.15, 0.2) is 5.54 Å². The number of rotatable bonds is 5. The SMILES string of the molecule is COCC(C)(NC(=O)c1csc2ccccc12)C(=O)O. The van der Waals surface area contributed by atoms with Crippen LogP contribution in [0.5, 0.6) is 0 Å². The number of thiophene rings is 1. The zero-order chi connectivity index (χ0) is 14.8. The summed E-state index contributed by atoms with van der Waals surface area (Å²) < 4.78 is 5.87. The molecule has 2 rings (SSSR count). The third-order valence-electron chi connectivity index (χ3n) is 3.02. The summed E-state index contributed by atoms with van der Waals surface area (Å²) in [5.41, 5.74) is -0.969. The van der Waals surface area contributed by atoms with Crippen molar-refractivity contribution < 1.29 is 19.4 Å². The third kappa shape index (κ3) is 2.66. The minimum atomic E-state index is -1.45. The molecule has 1 heterocycles. The fraction of sp³-hybridized carbons (Fsp3) is 0.286. The monoisotopic (exact) mass is 293 g/mol. The molecule has 1 aromatic heterocycles. The molecule has 0 aliphatic carbocycles. The predicted molar refractivity (Wildman–Crippen MR) is 77.2 cm³/mol. The molecule has 5 nitrogen and oxygen atoms in total. The summed E-state index contributed by atoms with van der Waals surface area (Å²) in [5, 5.41) is 14.3. The lowest BCUT2D eigenvalue weighted by Crippen LogP contribution is -2.55. The number of nitrogens with one attached hydrogen (secondary N) is 1. The summed E-state index contributed by atoms with van der Waals surface area (Å²) in [7, 11) is 1.40. The zero-order valence-electron chi connectivity index (χ0n) is 11.2. The molecule has 106 valence electrons. The van der Waals surface area contributed by atoms with Crippen LogP contribution in [0.2, 0.25) is 0 Å². The summed E-state index contributed by atoms with van der Waals surface area (Å²) in [4.78, 5) is 23.6. The van der Waals surface area contributed by atoms with E-state index in [2.05, 4.69) is 5.32 Å². The number of carboxylic acids is 1. The second kappa shape index (κ2) is 5.60. The highest BCUT2D eigenvalue weighted by molar-refractivity contribution is 7.17. The van der Waals surface area contributed by atoms with Gasteiger partial charge in [0, 0.05) is 22.6 Å². The van der Waals surface area contributed by atoms with E-state index in [9.17, 15) is 14.7 Å². The van der Waals surface area contributed by atoms with E-state index in [1.54, 1.807) is 5.38 Å². The molecule has 20 heavy (non-hydrogen) atoms. The zero-order valence-corrected chi connectivity index (χ0v) is 12.0. The van der Waals surface area contributed by atoms with E-state index in [1.165, 1.54) is 25.4 Å². The number of carbonyl (C=O) groups excluding carboxylic acids is 1. The highest BCUT2D eigenvalue weighted by Gasteiger charge is 2.35. The molecule has 2 aromatic rings. The van der Waals surface area contributed by atoms with Crippen molar-refractivity contribution in [2.75, 3.05) is 13.7 Å². The van der Waals surface area contributed by atoms with Crippen molar-refractivity contribution in [3.63, 3.8) is 0 Å². The highest BCUT2D eigenvalue weighted by Crippen LogP contribution is 2.26. The average molecular weight is 293 g/mol. The predicted octanol–water partition coefficient (Wildman–Crippen LogP) is 2.12. The Kier molecular flexibility index (Phi) is 4.06. The first-order chi connectivity index (χ1) is 9.48. The first-order valence-corrected chi connectivity index (χ1v) is 6.87. The maximum Gasteiger partial charge on any atom is 0.331 e. The number of hydrogen-bond acceptors (Lipinski definition) is 4. The molecule has 1 atom stereocenters. The first kappa shape index (κ1) is 14.5. The molecule has 1 aromatic carbocycles. The van der Waals surface area contributed by atoms with Gasteiger partial charge in [-0.15, -0.1) is 11.3 Å². The van der Waals surface area contributed by atoms with E-state index in [1.807, 2.05) is 24.3 Å². The molecule has 0 aliphatic heterocycles. The number of hydrogen-bond donors (Lipinski definition) is 2. The van der Waals surface area contributed by atoms with Gasteiger partial charge < -0.3 is 15.2 Å². The van der Waals surface area contributed by atoms with E-state index in [0.29, 0.717) is 5.56 Å². The summed E-state index contributed by atoms with van der Waals surface area (Å²) in [5.74, 6) is -1.54. The Bertz CT molecular complexity index is 651. The summed E-state index contributed by atoms with van der Waals surface area (Å²) in [6.07, 6.45) is 0. The summed E-state index contributed by atoms with van der Waals surface area (Å²) in [6.45, 7) is 1.32. The molecule has 1 unspecified atom stereocenters. The lowest BCUT2D eigenvalue weighted by Gasteiger charge is -2.25. The molecule has 0 aliphatic rings. The molecule has 0 spiro atoms. The molecule has 0 saturated heterocycles. The molecular formula is C14H15NO4S. The number of fused-ring (bicyclic) bond motifs is 1. The van der Waals surface area contributed by atoms with Gasteiger partial charge in [-0.05, 0) is 13.0 Å². The number of benzene rings is 1. The van der Waals surface area contributed by atoms with Crippen LogP contribution in [-0.4, -0.2) is 36.2 Å². The number of carboxylic acid groups (broad SMARTS) is 1. The Balaban J connectivity index is 2.29. The summed E-state index contributed by atoms with van der Waals surface area (Å²) >= 11 is 1.45. The van der Waals surface area contributed by atoms with Gasteiger partial charge in [0.05, 0.1) is 12.2 Å². The van der Waals surface area contributed by atoms with Crippen LogP contribution in [0.3, 0.4) is 0 Å². The van der Waals surface area contributed by atoms with Crippen LogP contribution in [-0.2, 0) is 9.53 Å². The lowest BCUT2D eigenvalue weighted by molar-refractivity contribution is -0.145. The number of ether oxygens (including phenoxy) is 1. The smallest absolute Gasteiger partial charge is 0.331 e. The lowest BCUT2D eigenvalue weighted by atomic mass is 10.0. The minimum absolute atomic E-state index is 0.101. The van der Waals surface area contributed by atoms with Gasteiger partial charge in [-0.2, -0.15) is 0 Å². The van der Waals surface area contributed by atoms with Crippen LogP contribution < -0.4 is 5.32 Å². The number of carbonyl (C=O) groups is 2. The second-order valence-corrected chi connectivity index (χ2v) is 5.58. The van der Waals surface area contributed by atoms with E-state index in [0.717, 1.165) is 10.1 Å². The van der Waals surface area contributed by atoms with Gasteiger partial charge in [0.2, 0.25) is 0 Å². The Hall–Kier alpha value is -1.92. The van der Waals surface area contributed by atoms with Crippen molar-refractivity contribution in [2.24, 2.45) is 0 Å². The fourth-order valence-electron chi connectivity index (χ4n) is 1.91. The van der Waals surface area contributed by atoms with Gasteiger partial charge in [-0.25, -0.2) is 4.79 Å². The third-order valence-corrected chi connectivity index (χ3v) is 3.98. The van der Waals surface area contributed by atoms with Crippen LogP contribution in [0.4, 0.5) is 0 Å². The van der Waals surface area contributed by atoms with Crippen LogP contribution in [0.15, 0.2) is 29.6 Å². The normalized spacial score (nSPS) is 13.9. The maximum absolute atomic E-state index is 12.3. The van der Waals surface area contributed by atoms with Crippen LogP contribution in [0.1, 0.15) is 17.3 Å². The Labute approximate surface area is 120 Å². The van der Waals surface area contributed by atoms with E-state index < -0.39 is 17.4 Å².